The number of amides is 1. The van der Waals surface area contributed by atoms with Gasteiger partial charge in [-0.05, 0) is 48.2 Å². The van der Waals surface area contributed by atoms with E-state index < -0.39 is 0 Å². The van der Waals surface area contributed by atoms with Crippen LogP contribution >= 0.6 is 0 Å². The maximum absolute atomic E-state index is 13.3. The summed E-state index contributed by atoms with van der Waals surface area (Å²) >= 11 is 0. The van der Waals surface area contributed by atoms with E-state index in [1.807, 2.05) is 42.5 Å². The quantitative estimate of drug-likeness (QED) is 0.406. The van der Waals surface area contributed by atoms with Gasteiger partial charge in [0.15, 0.2) is 0 Å². The molecule has 0 radical (unpaired) electrons. The van der Waals surface area contributed by atoms with Gasteiger partial charge in [-0.2, -0.15) is 0 Å². The van der Waals surface area contributed by atoms with Gasteiger partial charge < -0.3 is 15.5 Å². The molecule has 2 aromatic carbocycles. The molecule has 2 N–H and O–H groups in total. The molecule has 160 valence electrons. The molecule has 4 heteroatoms. The van der Waals surface area contributed by atoms with Crippen LogP contribution < -0.4 is 15.5 Å². The molecule has 1 heterocycles. The van der Waals surface area contributed by atoms with Gasteiger partial charge in [-0.1, -0.05) is 72.8 Å². The van der Waals surface area contributed by atoms with Crippen molar-refractivity contribution in [2.45, 2.75) is 20.0 Å². The van der Waals surface area contributed by atoms with Gasteiger partial charge in [0.25, 0.3) is 5.91 Å². The van der Waals surface area contributed by atoms with Gasteiger partial charge in [-0.15, -0.1) is 0 Å². The molecular formula is C28H27N3O. The van der Waals surface area contributed by atoms with Gasteiger partial charge >= 0.3 is 0 Å². The lowest BCUT2D eigenvalue weighted by Gasteiger charge is -2.28. The average molecular weight is 422 g/mol. The lowest BCUT2D eigenvalue weighted by molar-refractivity contribution is 0.0937. The molecule has 1 atom stereocenters. The van der Waals surface area contributed by atoms with Gasteiger partial charge in [0.1, 0.15) is 6.17 Å². The van der Waals surface area contributed by atoms with Crippen LogP contribution in [0.1, 0.15) is 35.9 Å². The Balaban J connectivity index is 1.60. The molecular weight excluding hydrogens is 394 g/mol. The van der Waals surface area contributed by atoms with Crippen LogP contribution in [-0.4, -0.2) is 19.0 Å². The molecule has 0 spiro atoms. The maximum Gasteiger partial charge on any atom is 0.255 e. The minimum Gasteiger partial charge on any atom is -0.372 e. The number of carbonyl (C=O) groups is 1. The van der Waals surface area contributed by atoms with Gasteiger partial charge in [-0.3, -0.25) is 4.79 Å². The smallest absolute Gasteiger partial charge is 0.255 e. The Morgan fingerprint density at radius 2 is 1.31 bits per heavy atom. The van der Waals surface area contributed by atoms with Gasteiger partial charge in [0.05, 0.1) is 11.3 Å². The third kappa shape index (κ3) is 3.38. The highest BCUT2D eigenvalue weighted by molar-refractivity contribution is 6.16. The molecule has 2 aromatic rings. The van der Waals surface area contributed by atoms with Crippen LogP contribution in [0.25, 0.3) is 22.3 Å². The maximum atomic E-state index is 13.3. The van der Waals surface area contributed by atoms with Crippen molar-refractivity contribution in [1.29, 1.82) is 0 Å². The van der Waals surface area contributed by atoms with Crippen molar-refractivity contribution >= 4 is 17.3 Å². The summed E-state index contributed by atoms with van der Waals surface area (Å²) in [6.45, 7) is 6.26. The largest absolute Gasteiger partial charge is 0.372 e. The first-order valence-corrected chi connectivity index (χ1v) is 11.2. The van der Waals surface area contributed by atoms with E-state index >= 15 is 0 Å². The number of anilines is 2. The summed E-state index contributed by atoms with van der Waals surface area (Å²) in [7, 11) is 0. The van der Waals surface area contributed by atoms with Crippen LogP contribution in [0.15, 0.2) is 84.9 Å². The molecule has 5 rings (SSSR count). The summed E-state index contributed by atoms with van der Waals surface area (Å²) in [5, 5.41) is 6.81. The number of rotatable bonds is 5. The zero-order valence-electron chi connectivity index (χ0n) is 18.4. The van der Waals surface area contributed by atoms with Crippen LogP contribution in [0, 0.1) is 0 Å². The molecule has 0 saturated carbocycles. The third-order valence-electron chi connectivity index (χ3n) is 6.29. The number of nitrogens with zero attached hydrogens (tertiary/aromatic N) is 1. The Labute approximate surface area is 189 Å². The molecule has 0 fully saturated rings. The summed E-state index contributed by atoms with van der Waals surface area (Å²) in [6, 6.07) is 28.9. The van der Waals surface area contributed by atoms with Crippen molar-refractivity contribution in [3.63, 3.8) is 0 Å². The molecule has 0 saturated heterocycles. The number of carbonyl (C=O) groups excluding carboxylic acids is 1. The normalized spacial score (nSPS) is 15.1. The Bertz CT molecular complexity index is 1210. The first-order chi connectivity index (χ1) is 15.7. The van der Waals surface area contributed by atoms with E-state index in [-0.39, 0.29) is 12.1 Å². The highest BCUT2D eigenvalue weighted by atomic mass is 16.2. The van der Waals surface area contributed by atoms with Crippen molar-refractivity contribution < 1.29 is 4.79 Å². The highest BCUT2D eigenvalue weighted by Crippen LogP contribution is 2.48. The molecule has 0 aromatic heterocycles. The first kappa shape index (κ1) is 20.1. The van der Waals surface area contributed by atoms with Crippen LogP contribution in [0.3, 0.4) is 0 Å². The summed E-state index contributed by atoms with van der Waals surface area (Å²) in [4.78, 5) is 15.7. The lowest BCUT2D eigenvalue weighted by atomic mass is 10.0. The van der Waals surface area contributed by atoms with Crippen LogP contribution in [-0.2, 0) is 0 Å². The fraction of sp³-hybridized carbons (Fsp3) is 0.179. The molecule has 4 nitrogen and oxygen atoms in total. The summed E-state index contributed by atoms with van der Waals surface area (Å²) in [5.74, 6) is -0.0463. The number of benzene rings is 2. The molecule has 32 heavy (non-hydrogen) atoms. The van der Waals surface area contributed by atoms with E-state index in [1.54, 1.807) is 0 Å². The van der Waals surface area contributed by atoms with E-state index in [2.05, 4.69) is 71.8 Å². The number of nitrogens with one attached hydrogen (secondary N) is 2. The van der Waals surface area contributed by atoms with Gasteiger partial charge in [0.2, 0.25) is 0 Å². The predicted octanol–water partition coefficient (Wildman–Crippen LogP) is 6.16. The minimum atomic E-state index is -0.284. The van der Waals surface area contributed by atoms with E-state index in [0.29, 0.717) is 5.56 Å². The van der Waals surface area contributed by atoms with Crippen molar-refractivity contribution in [1.82, 2.24) is 5.32 Å². The number of hydrogen-bond acceptors (Lipinski definition) is 3. The first-order valence-electron chi connectivity index (χ1n) is 11.2. The Morgan fingerprint density at radius 1 is 0.719 bits per heavy atom. The Morgan fingerprint density at radius 3 is 1.94 bits per heavy atom. The molecule has 1 amide bonds. The van der Waals surface area contributed by atoms with E-state index in [9.17, 15) is 4.79 Å². The SMILES string of the molecule is CCN(CC)c1ccc(C2NC(=O)c3c4cccccc-4c(-c4ccccc4)c3N2)cc1. The monoisotopic (exact) mass is 421 g/mol. The third-order valence-corrected chi connectivity index (χ3v) is 6.29. The minimum absolute atomic E-state index is 0.0463. The topological polar surface area (TPSA) is 44.4 Å². The highest BCUT2D eigenvalue weighted by Gasteiger charge is 2.34. The van der Waals surface area contributed by atoms with Crippen molar-refractivity contribution in [2.75, 3.05) is 23.3 Å². The van der Waals surface area contributed by atoms with E-state index in [0.717, 1.165) is 46.6 Å². The summed E-state index contributed by atoms with van der Waals surface area (Å²) < 4.78 is 0. The lowest BCUT2D eigenvalue weighted by Crippen LogP contribution is -2.38. The van der Waals surface area contributed by atoms with Gasteiger partial charge in [0, 0.05) is 24.3 Å². The Hall–Kier alpha value is -3.79. The number of fused-ring (bicyclic) bond motifs is 3. The molecule has 1 aliphatic heterocycles. The second kappa shape index (κ2) is 8.39. The predicted molar refractivity (Wildman–Crippen MR) is 132 cm³/mol. The molecule has 0 bridgehead atoms. The Kier molecular flexibility index (Phi) is 5.28. The zero-order chi connectivity index (χ0) is 22.1. The fourth-order valence-electron chi connectivity index (χ4n) is 4.68. The van der Waals surface area contributed by atoms with E-state index in [4.69, 9.17) is 0 Å². The van der Waals surface area contributed by atoms with Crippen molar-refractivity contribution in [3.8, 4) is 22.3 Å². The molecule has 3 aliphatic rings. The average Bonchev–Trinajstić information content (AvgIpc) is 2.96. The van der Waals surface area contributed by atoms with Gasteiger partial charge in [-0.25, -0.2) is 0 Å². The van der Waals surface area contributed by atoms with Crippen LogP contribution in [0.4, 0.5) is 11.4 Å². The fourth-order valence-corrected chi connectivity index (χ4v) is 4.68. The van der Waals surface area contributed by atoms with Crippen LogP contribution in [0.5, 0.6) is 0 Å². The van der Waals surface area contributed by atoms with Crippen molar-refractivity contribution in [2.24, 2.45) is 0 Å². The second-order valence-corrected chi connectivity index (χ2v) is 8.04. The molecule has 1 unspecified atom stereocenters. The summed E-state index contributed by atoms with van der Waals surface area (Å²) in [6.07, 6.45) is -0.284. The van der Waals surface area contributed by atoms with E-state index in [1.165, 1.54) is 5.69 Å². The second-order valence-electron chi connectivity index (χ2n) is 8.04. The number of hydrogen-bond donors (Lipinski definition) is 2. The zero-order valence-corrected chi connectivity index (χ0v) is 18.4. The van der Waals surface area contributed by atoms with Crippen LogP contribution in [0.2, 0.25) is 0 Å². The summed E-state index contributed by atoms with van der Waals surface area (Å²) in [5.41, 5.74) is 8.06. The molecule has 2 aliphatic carbocycles. The van der Waals surface area contributed by atoms with Crippen molar-refractivity contribution in [3.05, 3.63) is 96.1 Å². The standard InChI is InChI=1S/C28H27N3O/c1-3-31(4-2)21-17-15-20(16-18-21)27-29-26-24(19-11-7-5-8-12-19)22-13-9-6-10-14-23(22)25(26)28(32)30-27/h5-18,27,29H,3-4H2,1-2H3,(H,30,32).